The molecule has 1 aromatic rings. The monoisotopic (exact) mass is 186 g/mol. The Labute approximate surface area is 77.0 Å². The fourth-order valence-electron chi connectivity index (χ4n) is 1.06. The molecule has 4 nitrogen and oxygen atoms in total. The first kappa shape index (κ1) is 9.38. The second-order valence-corrected chi connectivity index (χ2v) is 3.16. The standard InChI is InChI=1S/C7H14N4S/c1-2-3-4-5-6-11-7(12)8-9-10-11/h2-6H2,1H3,(H,8,10,12). The summed E-state index contributed by atoms with van der Waals surface area (Å²) in [5, 5.41) is 10.0. The average Bonchev–Trinajstić information content (AvgIpc) is 2.46. The van der Waals surface area contributed by atoms with Gasteiger partial charge in [0, 0.05) is 6.54 Å². The molecule has 0 bridgehead atoms. The molecule has 1 aromatic heterocycles. The van der Waals surface area contributed by atoms with Crippen LogP contribution in [0, 0.1) is 4.77 Å². The van der Waals surface area contributed by atoms with Crippen molar-refractivity contribution in [2.24, 2.45) is 0 Å². The average molecular weight is 186 g/mol. The molecule has 1 rings (SSSR count). The van der Waals surface area contributed by atoms with Gasteiger partial charge in [0.25, 0.3) is 0 Å². The summed E-state index contributed by atoms with van der Waals surface area (Å²) in [5.74, 6) is 0. The van der Waals surface area contributed by atoms with Crippen molar-refractivity contribution in [3.63, 3.8) is 0 Å². The Morgan fingerprint density at radius 2 is 2.25 bits per heavy atom. The highest BCUT2D eigenvalue weighted by molar-refractivity contribution is 7.71. The van der Waals surface area contributed by atoms with Gasteiger partial charge in [0.1, 0.15) is 0 Å². The van der Waals surface area contributed by atoms with Gasteiger partial charge < -0.3 is 0 Å². The van der Waals surface area contributed by atoms with Crippen molar-refractivity contribution in [3.05, 3.63) is 4.77 Å². The molecule has 1 heterocycles. The van der Waals surface area contributed by atoms with Gasteiger partial charge >= 0.3 is 0 Å². The predicted octanol–water partition coefficient (Wildman–Crippen LogP) is 1.92. The first-order valence-electron chi connectivity index (χ1n) is 4.32. The zero-order chi connectivity index (χ0) is 8.81. The number of nitrogens with zero attached hydrogens (tertiary/aromatic N) is 3. The van der Waals surface area contributed by atoms with Crippen LogP contribution in [0.5, 0.6) is 0 Å². The van der Waals surface area contributed by atoms with Crippen molar-refractivity contribution in [1.82, 2.24) is 20.2 Å². The Kier molecular flexibility index (Phi) is 3.93. The topological polar surface area (TPSA) is 46.5 Å². The lowest BCUT2D eigenvalue weighted by Gasteiger charge is -1.98. The number of aryl methyl sites for hydroxylation is 1. The van der Waals surface area contributed by atoms with Crippen molar-refractivity contribution < 1.29 is 0 Å². The molecule has 0 saturated carbocycles. The molecular weight excluding hydrogens is 172 g/mol. The summed E-state index contributed by atoms with van der Waals surface area (Å²) >= 11 is 4.92. The summed E-state index contributed by atoms with van der Waals surface area (Å²) in [6.45, 7) is 3.11. The van der Waals surface area contributed by atoms with Gasteiger partial charge in [0.15, 0.2) is 0 Å². The summed E-state index contributed by atoms with van der Waals surface area (Å²) < 4.78 is 2.34. The van der Waals surface area contributed by atoms with E-state index in [1.807, 2.05) is 0 Å². The van der Waals surface area contributed by atoms with Gasteiger partial charge in [0.2, 0.25) is 4.77 Å². The van der Waals surface area contributed by atoms with E-state index in [1.165, 1.54) is 19.3 Å². The van der Waals surface area contributed by atoms with Crippen molar-refractivity contribution in [1.29, 1.82) is 0 Å². The first-order valence-corrected chi connectivity index (χ1v) is 4.73. The van der Waals surface area contributed by atoms with Crippen LogP contribution in [0.1, 0.15) is 32.6 Å². The second kappa shape index (κ2) is 5.03. The summed E-state index contributed by atoms with van der Waals surface area (Å²) in [6.07, 6.45) is 4.94. The van der Waals surface area contributed by atoms with E-state index in [4.69, 9.17) is 12.2 Å². The largest absolute Gasteiger partial charge is 0.242 e. The zero-order valence-corrected chi connectivity index (χ0v) is 8.10. The molecule has 0 radical (unpaired) electrons. The smallest absolute Gasteiger partial charge is 0.238 e. The number of hydrogen-bond donors (Lipinski definition) is 1. The molecule has 0 amide bonds. The Hall–Kier alpha value is -0.710. The van der Waals surface area contributed by atoms with Gasteiger partial charge in [-0.1, -0.05) is 36.5 Å². The molecular formula is C7H14N4S. The van der Waals surface area contributed by atoms with E-state index in [-0.39, 0.29) is 0 Å². The summed E-state index contributed by atoms with van der Waals surface area (Å²) in [5.41, 5.74) is 0. The molecule has 12 heavy (non-hydrogen) atoms. The van der Waals surface area contributed by atoms with Gasteiger partial charge in [-0.2, -0.15) is 5.21 Å². The molecule has 0 unspecified atom stereocenters. The fourth-order valence-corrected chi connectivity index (χ4v) is 1.23. The van der Waals surface area contributed by atoms with Gasteiger partial charge in [-0.15, -0.1) is 0 Å². The molecule has 1 N–H and O–H groups in total. The van der Waals surface area contributed by atoms with E-state index in [2.05, 4.69) is 22.4 Å². The minimum absolute atomic E-state index is 0.548. The van der Waals surface area contributed by atoms with Crippen LogP contribution < -0.4 is 0 Å². The third kappa shape index (κ3) is 2.73. The number of aromatic amines is 1. The third-order valence-corrected chi connectivity index (χ3v) is 2.07. The minimum Gasteiger partial charge on any atom is -0.242 e. The molecule has 5 heteroatoms. The Morgan fingerprint density at radius 1 is 1.42 bits per heavy atom. The number of H-pyrrole nitrogens is 1. The highest BCUT2D eigenvalue weighted by Gasteiger charge is 1.93. The Bertz CT molecular complexity index is 264. The molecule has 0 aliphatic heterocycles. The molecule has 0 aromatic carbocycles. The molecule has 0 aliphatic rings. The van der Waals surface area contributed by atoms with Crippen LogP contribution in [0.4, 0.5) is 0 Å². The lowest BCUT2D eigenvalue weighted by Crippen LogP contribution is -2.00. The van der Waals surface area contributed by atoms with Crippen LogP contribution in [-0.2, 0) is 6.54 Å². The van der Waals surface area contributed by atoms with Crippen LogP contribution in [0.25, 0.3) is 0 Å². The molecule has 0 saturated heterocycles. The van der Waals surface area contributed by atoms with E-state index in [1.54, 1.807) is 4.68 Å². The van der Waals surface area contributed by atoms with E-state index in [0.717, 1.165) is 13.0 Å². The van der Waals surface area contributed by atoms with Crippen LogP contribution in [0.3, 0.4) is 0 Å². The summed E-state index contributed by atoms with van der Waals surface area (Å²) in [6, 6.07) is 0. The van der Waals surface area contributed by atoms with Crippen molar-refractivity contribution in [2.75, 3.05) is 0 Å². The Morgan fingerprint density at radius 3 is 2.83 bits per heavy atom. The van der Waals surface area contributed by atoms with Gasteiger partial charge in [-0.25, -0.2) is 4.68 Å². The number of hydrogen-bond acceptors (Lipinski definition) is 3. The maximum Gasteiger partial charge on any atom is 0.238 e. The minimum atomic E-state index is 0.548. The highest BCUT2D eigenvalue weighted by atomic mass is 32.1. The van der Waals surface area contributed by atoms with Crippen molar-refractivity contribution in [3.8, 4) is 0 Å². The Balaban J connectivity index is 2.24. The lowest BCUT2D eigenvalue weighted by molar-refractivity contribution is 0.523. The van der Waals surface area contributed by atoms with Gasteiger partial charge in [-0.05, 0) is 18.6 Å². The van der Waals surface area contributed by atoms with Gasteiger partial charge in [-0.3, -0.25) is 0 Å². The SMILES string of the molecule is CCCCCCn1[nH]nnc1=S. The van der Waals surface area contributed by atoms with E-state index >= 15 is 0 Å². The number of tetrazole rings is 1. The molecule has 0 fully saturated rings. The summed E-state index contributed by atoms with van der Waals surface area (Å²) in [4.78, 5) is 0. The van der Waals surface area contributed by atoms with Crippen LogP contribution >= 0.6 is 12.2 Å². The highest BCUT2D eigenvalue weighted by Crippen LogP contribution is 2.00. The van der Waals surface area contributed by atoms with E-state index in [0.29, 0.717) is 4.77 Å². The van der Waals surface area contributed by atoms with Crippen LogP contribution in [-0.4, -0.2) is 20.2 Å². The third-order valence-electron chi connectivity index (χ3n) is 1.77. The molecule has 0 spiro atoms. The first-order chi connectivity index (χ1) is 5.84. The predicted molar refractivity (Wildman–Crippen MR) is 49.3 cm³/mol. The second-order valence-electron chi connectivity index (χ2n) is 2.79. The van der Waals surface area contributed by atoms with Crippen molar-refractivity contribution >= 4 is 12.2 Å². The van der Waals surface area contributed by atoms with Gasteiger partial charge in [0.05, 0.1) is 0 Å². The van der Waals surface area contributed by atoms with Crippen LogP contribution in [0.2, 0.25) is 0 Å². The molecule has 0 aliphatic carbocycles. The quantitative estimate of drug-likeness (QED) is 0.564. The number of rotatable bonds is 5. The number of nitrogens with one attached hydrogen (secondary N) is 1. The maximum absolute atomic E-state index is 4.92. The van der Waals surface area contributed by atoms with Crippen LogP contribution in [0.15, 0.2) is 0 Å². The van der Waals surface area contributed by atoms with E-state index < -0.39 is 0 Å². The van der Waals surface area contributed by atoms with E-state index in [9.17, 15) is 0 Å². The van der Waals surface area contributed by atoms with Crippen molar-refractivity contribution in [2.45, 2.75) is 39.2 Å². The fraction of sp³-hybridized carbons (Fsp3) is 0.857. The maximum atomic E-state index is 4.92. The zero-order valence-electron chi connectivity index (χ0n) is 7.29. The molecule has 0 atom stereocenters. The number of aromatic nitrogens is 4. The number of unbranched alkanes of at least 4 members (excludes halogenated alkanes) is 3. The summed E-state index contributed by atoms with van der Waals surface area (Å²) in [7, 11) is 0. The lowest BCUT2D eigenvalue weighted by atomic mass is 10.2. The molecule has 68 valence electrons. The normalized spacial score (nSPS) is 10.4.